The third-order valence-corrected chi connectivity index (χ3v) is 3.17. The zero-order chi connectivity index (χ0) is 10.4. The molecule has 3 heteroatoms. The maximum Gasteiger partial charge on any atom is 0.0610 e. The molecule has 1 atom stereocenters. The first-order valence-corrected chi connectivity index (χ1v) is 5.55. The molecule has 0 spiro atoms. The van der Waals surface area contributed by atoms with Crippen LogP contribution in [-0.2, 0) is 4.74 Å². The maximum atomic E-state index is 9.35. The molecule has 84 valence electrons. The molecule has 3 nitrogen and oxygen atoms in total. The van der Waals surface area contributed by atoms with Gasteiger partial charge in [0.05, 0.1) is 13.2 Å². The van der Waals surface area contributed by atoms with E-state index < -0.39 is 0 Å². The second-order valence-electron chi connectivity index (χ2n) is 4.64. The molecule has 0 bridgehead atoms. The highest BCUT2D eigenvalue weighted by Gasteiger charge is 2.29. The molecular formula is C11H23NO2. The van der Waals surface area contributed by atoms with E-state index in [2.05, 4.69) is 12.2 Å². The second kappa shape index (κ2) is 5.69. The van der Waals surface area contributed by atoms with Crippen LogP contribution in [0, 0.1) is 5.92 Å². The van der Waals surface area contributed by atoms with E-state index in [9.17, 15) is 5.11 Å². The molecule has 0 aromatic rings. The Kier molecular flexibility index (Phi) is 4.85. The van der Waals surface area contributed by atoms with Crippen molar-refractivity contribution in [1.29, 1.82) is 0 Å². The fraction of sp³-hybridized carbons (Fsp3) is 1.00. The van der Waals surface area contributed by atoms with Crippen LogP contribution in [0.3, 0.4) is 0 Å². The summed E-state index contributed by atoms with van der Waals surface area (Å²) < 4.78 is 4.98. The van der Waals surface area contributed by atoms with Crippen LogP contribution in [0.1, 0.15) is 32.6 Å². The molecule has 2 N–H and O–H groups in total. The molecule has 14 heavy (non-hydrogen) atoms. The zero-order valence-corrected chi connectivity index (χ0v) is 9.38. The van der Waals surface area contributed by atoms with Crippen LogP contribution in [0.5, 0.6) is 0 Å². The third-order valence-electron chi connectivity index (χ3n) is 3.17. The minimum absolute atomic E-state index is 0.108. The molecule has 0 saturated heterocycles. The van der Waals surface area contributed by atoms with Crippen LogP contribution in [0.2, 0.25) is 0 Å². The van der Waals surface area contributed by atoms with E-state index in [0.29, 0.717) is 6.61 Å². The quantitative estimate of drug-likeness (QED) is 0.607. The number of nitrogens with one attached hydrogen (secondary N) is 1. The fourth-order valence-corrected chi connectivity index (χ4v) is 1.98. The van der Waals surface area contributed by atoms with Gasteiger partial charge >= 0.3 is 0 Å². The highest BCUT2D eigenvalue weighted by atomic mass is 16.5. The lowest BCUT2D eigenvalue weighted by Crippen LogP contribution is -2.49. The van der Waals surface area contributed by atoms with E-state index in [1.165, 1.54) is 19.3 Å². The van der Waals surface area contributed by atoms with Crippen molar-refractivity contribution in [1.82, 2.24) is 5.32 Å². The Balaban J connectivity index is 2.23. The predicted octanol–water partition coefficient (Wildman–Crippen LogP) is 1.16. The predicted molar refractivity (Wildman–Crippen MR) is 57.3 cm³/mol. The first kappa shape index (κ1) is 12.0. The summed E-state index contributed by atoms with van der Waals surface area (Å²) in [5.41, 5.74) is -0.108. The van der Waals surface area contributed by atoms with Gasteiger partial charge in [-0.15, -0.1) is 0 Å². The van der Waals surface area contributed by atoms with E-state index in [-0.39, 0.29) is 12.1 Å². The Morgan fingerprint density at radius 1 is 1.50 bits per heavy atom. The van der Waals surface area contributed by atoms with Gasteiger partial charge in [0.1, 0.15) is 0 Å². The number of methoxy groups -OCH3 is 1. The summed E-state index contributed by atoms with van der Waals surface area (Å²) in [6.45, 7) is 3.84. The van der Waals surface area contributed by atoms with E-state index in [0.717, 1.165) is 18.9 Å². The molecule has 0 amide bonds. The Hall–Kier alpha value is -0.120. The van der Waals surface area contributed by atoms with Crippen molar-refractivity contribution in [2.24, 2.45) is 5.92 Å². The minimum Gasteiger partial charge on any atom is -0.394 e. The fourth-order valence-electron chi connectivity index (χ4n) is 1.98. The number of ether oxygens (including phenoxy) is 1. The van der Waals surface area contributed by atoms with Gasteiger partial charge in [0.15, 0.2) is 0 Å². The lowest BCUT2D eigenvalue weighted by molar-refractivity contribution is 0.112. The SMILES string of the molecule is COCCNC(C)(CO)CC1CCC1. The molecule has 0 aromatic carbocycles. The number of aliphatic hydroxyl groups excluding tert-OH is 1. The van der Waals surface area contributed by atoms with Crippen molar-refractivity contribution in [2.75, 3.05) is 26.9 Å². The van der Waals surface area contributed by atoms with Crippen molar-refractivity contribution >= 4 is 0 Å². The summed E-state index contributed by atoms with van der Waals surface area (Å²) in [6.07, 6.45) is 5.13. The van der Waals surface area contributed by atoms with E-state index >= 15 is 0 Å². The van der Waals surface area contributed by atoms with E-state index in [1.54, 1.807) is 7.11 Å². The van der Waals surface area contributed by atoms with Gasteiger partial charge in [-0.1, -0.05) is 19.3 Å². The van der Waals surface area contributed by atoms with Gasteiger partial charge in [-0.2, -0.15) is 0 Å². The van der Waals surface area contributed by atoms with Gasteiger partial charge in [-0.25, -0.2) is 0 Å². The summed E-state index contributed by atoms with van der Waals surface area (Å²) in [5.74, 6) is 0.821. The Labute approximate surface area is 86.8 Å². The van der Waals surface area contributed by atoms with Crippen LogP contribution in [0.25, 0.3) is 0 Å². The van der Waals surface area contributed by atoms with Crippen LogP contribution < -0.4 is 5.32 Å². The van der Waals surface area contributed by atoms with Crippen molar-refractivity contribution in [3.8, 4) is 0 Å². The number of hydrogen-bond acceptors (Lipinski definition) is 3. The summed E-state index contributed by atoms with van der Waals surface area (Å²) in [6, 6.07) is 0. The minimum atomic E-state index is -0.108. The van der Waals surface area contributed by atoms with Crippen molar-refractivity contribution in [3.63, 3.8) is 0 Å². The summed E-state index contributed by atoms with van der Waals surface area (Å²) in [5, 5.41) is 12.7. The second-order valence-corrected chi connectivity index (χ2v) is 4.64. The molecule has 1 saturated carbocycles. The van der Waals surface area contributed by atoms with Gasteiger partial charge in [0.2, 0.25) is 0 Å². The van der Waals surface area contributed by atoms with E-state index in [1.807, 2.05) is 0 Å². The highest BCUT2D eigenvalue weighted by Crippen LogP contribution is 2.33. The maximum absolute atomic E-state index is 9.35. The Morgan fingerprint density at radius 2 is 2.21 bits per heavy atom. The lowest BCUT2D eigenvalue weighted by atomic mass is 9.77. The van der Waals surface area contributed by atoms with Gasteiger partial charge in [-0.3, -0.25) is 0 Å². The normalized spacial score (nSPS) is 21.6. The molecule has 0 heterocycles. The zero-order valence-electron chi connectivity index (χ0n) is 9.38. The average Bonchev–Trinajstić information content (AvgIpc) is 2.12. The van der Waals surface area contributed by atoms with E-state index in [4.69, 9.17) is 4.74 Å². The molecule has 1 unspecified atom stereocenters. The molecule has 0 aromatic heterocycles. The van der Waals surface area contributed by atoms with Crippen LogP contribution in [0.15, 0.2) is 0 Å². The van der Waals surface area contributed by atoms with Crippen LogP contribution in [0.4, 0.5) is 0 Å². The molecular weight excluding hydrogens is 178 g/mol. The van der Waals surface area contributed by atoms with Crippen LogP contribution >= 0.6 is 0 Å². The molecule has 0 aliphatic heterocycles. The van der Waals surface area contributed by atoms with Gasteiger partial charge < -0.3 is 15.2 Å². The smallest absolute Gasteiger partial charge is 0.0610 e. The first-order chi connectivity index (χ1) is 6.70. The summed E-state index contributed by atoms with van der Waals surface area (Å²) in [7, 11) is 1.70. The largest absolute Gasteiger partial charge is 0.394 e. The molecule has 1 aliphatic rings. The summed E-state index contributed by atoms with van der Waals surface area (Å²) in [4.78, 5) is 0. The third kappa shape index (κ3) is 3.56. The van der Waals surface area contributed by atoms with Gasteiger partial charge in [0, 0.05) is 19.2 Å². The van der Waals surface area contributed by atoms with Crippen molar-refractivity contribution in [2.45, 2.75) is 38.1 Å². The van der Waals surface area contributed by atoms with Crippen molar-refractivity contribution in [3.05, 3.63) is 0 Å². The number of aliphatic hydroxyl groups is 1. The standard InChI is InChI=1S/C11H23NO2/c1-11(9-13,12-6-7-14-2)8-10-4-3-5-10/h10,12-13H,3-9H2,1-2H3. The molecule has 1 aliphatic carbocycles. The summed E-state index contributed by atoms with van der Waals surface area (Å²) >= 11 is 0. The number of hydrogen-bond donors (Lipinski definition) is 2. The van der Waals surface area contributed by atoms with Gasteiger partial charge in [0.25, 0.3) is 0 Å². The van der Waals surface area contributed by atoms with Crippen molar-refractivity contribution < 1.29 is 9.84 Å². The lowest BCUT2D eigenvalue weighted by Gasteiger charge is -2.36. The van der Waals surface area contributed by atoms with Gasteiger partial charge in [-0.05, 0) is 19.3 Å². The molecule has 0 radical (unpaired) electrons. The average molecular weight is 201 g/mol. The molecule has 1 rings (SSSR count). The highest BCUT2D eigenvalue weighted by molar-refractivity contribution is 4.87. The monoisotopic (exact) mass is 201 g/mol. The Morgan fingerprint density at radius 3 is 2.64 bits per heavy atom. The number of rotatable bonds is 7. The topological polar surface area (TPSA) is 41.5 Å². The molecule has 1 fully saturated rings. The Bertz CT molecular complexity index is 159. The van der Waals surface area contributed by atoms with Crippen LogP contribution in [-0.4, -0.2) is 37.5 Å². The first-order valence-electron chi connectivity index (χ1n) is 5.55.